The van der Waals surface area contributed by atoms with Gasteiger partial charge in [0.05, 0.1) is 0 Å². The molecule has 4 heteroatoms. The number of aromatic nitrogens is 1. The second kappa shape index (κ2) is 5.35. The van der Waals surface area contributed by atoms with Gasteiger partial charge in [-0.05, 0) is 36.1 Å². The first-order chi connectivity index (χ1) is 10.1. The number of rotatable bonds is 5. The molecule has 1 amide bonds. The van der Waals surface area contributed by atoms with Crippen LogP contribution in [0.15, 0.2) is 30.3 Å². The normalized spacial score (nSPS) is 15.9. The lowest BCUT2D eigenvalue weighted by Crippen LogP contribution is -2.31. The number of carbonyl (C=O) groups excluding carboxylic acids is 1. The highest BCUT2D eigenvalue weighted by Gasteiger charge is 2.41. The van der Waals surface area contributed by atoms with Crippen LogP contribution in [0.1, 0.15) is 43.1 Å². The molecule has 110 valence electrons. The zero-order valence-corrected chi connectivity index (χ0v) is 12.4. The van der Waals surface area contributed by atoms with Gasteiger partial charge >= 0.3 is 0 Å². The van der Waals surface area contributed by atoms with Gasteiger partial charge in [0.15, 0.2) is 0 Å². The van der Waals surface area contributed by atoms with E-state index in [0.717, 1.165) is 23.7 Å². The second-order valence-electron chi connectivity index (χ2n) is 6.05. The van der Waals surface area contributed by atoms with Crippen molar-refractivity contribution in [3.8, 4) is 0 Å². The highest BCUT2D eigenvalue weighted by molar-refractivity contribution is 5.99. The number of benzene rings is 1. The van der Waals surface area contributed by atoms with E-state index in [4.69, 9.17) is 5.73 Å². The molecule has 1 heterocycles. The van der Waals surface area contributed by atoms with Crippen molar-refractivity contribution in [2.75, 3.05) is 12.3 Å². The topological polar surface area (TPSA) is 68.0 Å². The number of carbonyl (C=O) groups is 1. The molecule has 0 spiro atoms. The first kappa shape index (κ1) is 13.9. The van der Waals surface area contributed by atoms with Gasteiger partial charge in [0.1, 0.15) is 11.5 Å². The van der Waals surface area contributed by atoms with E-state index in [0.29, 0.717) is 16.9 Å². The maximum atomic E-state index is 12.3. The summed E-state index contributed by atoms with van der Waals surface area (Å²) in [5.41, 5.74) is 6.69. The van der Waals surface area contributed by atoms with Gasteiger partial charge in [0, 0.05) is 11.9 Å². The van der Waals surface area contributed by atoms with Gasteiger partial charge in [0.25, 0.3) is 5.91 Å². The molecule has 1 aliphatic rings. The molecule has 3 N–H and O–H groups in total. The summed E-state index contributed by atoms with van der Waals surface area (Å²) in [5.74, 6) is 0.280. The van der Waals surface area contributed by atoms with Crippen LogP contribution in [0, 0.1) is 5.41 Å². The SMILES string of the molecule is CCCC1(CNC(=O)c2cc3ccccc3c(N)n2)CC1. The fraction of sp³-hybridized carbons (Fsp3) is 0.412. The third kappa shape index (κ3) is 2.84. The summed E-state index contributed by atoms with van der Waals surface area (Å²) in [6.07, 6.45) is 4.78. The van der Waals surface area contributed by atoms with Gasteiger partial charge in [-0.15, -0.1) is 0 Å². The van der Waals surface area contributed by atoms with E-state index in [-0.39, 0.29) is 5.91 Å². The highest BCUT2D eigenvalue weighted by Crippen LogP contribution is 2.48. The average Bonchev–Trinajstić information content (AvgIpc) is 3.25. The van der Waals surface area contributed by atoms with Crippen molar-refractivity contribution in [1.29, 1.82) is 0 Å². The van der Waals surface area contributed by atoms with E-state index in [9.17, 15) is 4.79 Å². The standard InChI is InChI=1S/C17H21N3O/c1-2-7-17(8-9-17)11-19-16(21)14-10-12-5-3-4-6-13(12)15(18)20-14/h3-6,10H,2,7-9,11H2,1H3,(H2,18,20)(H,19,21). The lowest BCUT2D eigenvalue weighted by atomic mass is 10.0. The van der Waals surface area contributed by atoms with Crippen LogP contribution in [0.3, 0.4) is 0 Å². The molecule has 0 unspecified atom stereocenters. The molecule has 1 fully saturated rings. The smallest absolute Gasteiger partial charge is 0.270 e. The van der Waals surface area contributed by atoms with E-state index in [1.165, 1.54) is 19.3 Å². The first-order valence-electron chi connectivity index (χ1n) is 7.57. The van der Waals surface area contributed by atoms with E-state index in [1.807, 2.05) is 24.3 Å². The zero-order chi connectivity index (χ0) is 14.9. The van der Waals surface area contributed by atoms with Crippen LogP contribution in [0.2, 0.25) is 0 Å². The fourth-order valence-electron chi connectivity index (χ4n) is 2.92. The van der Waals surface area contributed by atoms with Gasteiger partial charge in [0.2, 0.25) is 0 Å². The fourth-order valence-corrected chi connectivity index (χ4v) is 2.92. The third-order valence-electron chi connectivity index (χ3n) is 4.36. The van der Waals surface area contributed by atoms with Crippen molar-refractivity contribution in [2.24, 2.45) is 5.41 Å². The van der Waals surface area contributed by atoms with Crippen LogP contribution in [0.25, 0.3) is 10.8 Å². The number of nitrogens with zero attached hydrogens (tertiary/aromatic N) is 1. The number of anilines is 1. The van der Waals surface area contributed by atoms with Gasteiger partial charge < -0.3 is 11.1 Å². The number of pyridine rings is 1. The van der Waals surface area contributed by atoms with Gasteiger partial charge in [-0.3, -0.25) is 4.79 Å². The molecule has 0 atom stereocenters. The summed E-state index contributed by atoms with van der Waals surface area (Å²) in [6.45, 7) is 2.93. The summed E-state index contributed by atoms with van der Waals surface area (Å²) < 4.78 is 0. The minimum Gasteiger partial charge on any atom is -0.383 e. The molecule has 21 heavy (non-hydrogen) atoms. The number of nitrogens with one attached hydrogen (secondary N) is 1. The Bertz CT molecular complexity index is 677. The molecule has 1 saturated carbocycles. The Balaban J connectivity index is 1.76. The Morgan fingerprint density at radius 3 is 2.86 bits per heavy atom. The van der Waals surface area contributed by atoms with Crippen LogP contribution in [0.4, 0.5) is 5.82 Å². The summed E-state index contributed by atoms with van der Waals surface area (Å²) in [7, 11) is 0. The molecular formula is C17H21N3O. The van der Waals surface area contributed by atoms with Crippen LogP contribution in [-0.2, 0) is 0 Å². The second-order valence-corrected chi connectivity index (χ2v) is 6.05. The molecule has 3 rings (SSSR count). The summed E-state index contributed by atoms with van der Waals surface area (Å²) in [6, 6.07) is 9.52. The third-order valence-corrected chi connectivity index (χ3v) is 4.36. The summed E-state index contributed by atoms with van der Waals surface area (Å²) in [4.78, 5) is 16.5. The van der Waals surface area contributed by atoms with Crippen LogP contribution < -0.4 is 11.1 Å². The predicted octanol–water partition coefficient (Wildman–Crippen LogP) is 3.13. The minimum atomic E-state index is -0.130. The quantitative estimate of drug-likeness (QED) is 0.885. The van der Waals surface area contributed by atoms with Crippen molar-refractivity contribution in [3.63, 3.8) is 0 Å². The van der Waals surface area contributed by atoms with Crippen LogP contribution in [-0.4, -0.2) is 17.4 Å². The zero-order valence-electron chi connectivity index (χ0n) is 12.4. The molecule has 0 radical (unpaired) electrons. The van der Waals surface area contributed by atoms with Gasteiger partial charge in [-0.1, -0.05) is 37.6 Å². The predicted molar refractivity (Wildman–Crippen MR) is 85.1 cm³/mol. The highest BCUT2D eigenvalue weighted by atomic mass is 16.1. The van der Waals surface area contributed by atoms with Crippen LogP contribution in [0.5, 0.6) is 0 Å². The molecular weight excluding hydrogens is 262 g/mol. The molecule has 1 aromatic heterocycles. The Kier molecular flexibility index (Phi) is 3.53. The van der Waals surface area contributed by atoms with Crippen molar-refractivity contribution >= 4 is 22.5 Å². The van der Waals surface area contributed by atoms with E-state index < -0.39 is 0 Å². The monoisotopic (exact) mass is 283 g/mol. The molecule has 0 bridgehead atoms. The van der Waals surface area contributed by atoms with Gasteiger partial charge in [-0.2, -0.15) is 0 Å². The number of hydrogen-bond donors (Lipinski definition) is 2. The largest absolute Gasteiger partial charge is 0.383 e. The molecule has 0 saturated heterocycles. The molecule has 4 nitrogen and oxygen atoms in total. The van der Waals surface area contributed by atoms with E-state index >= 15 is 0 Å². The lowest BCUT2D eigenvalue weighted by molar-refractivity contribution is 0.0939. The van der Waals surface area contributed by atoms with E-state index in [2.05, 4.69) is 17.2 Å². The molecule has 2 aromatic rings. The Morgan fingerprint density at radius 1 is 1.38 bits per heavy atom. The number of fused-ring (bicyclic) bond motifs is 1. The summed E-state index contributed by atoms with van der Waals surface area (Å²) in [5, 5.41) is 4.86. The van der Waals surface area contributed by atoms with E-state index in [1.54, 1.807) is 6.07 Å². The van der Waals surface area contributed by atoms with Crippen LogP contribution >= 0.6 is 0 Å². The minimum absolute atomic E-state index is 0.130. The van der Waals surface area contributed by atoms with Crippen molar-refractivity contribution in [2.45, 2.75) is 32.6 Å². The van der Waals surface area contributed by atoms with Crippen molar-refractivity contribution in [3.05, 3.63) is 36.0 Å². The maximum Gasteiger partial charge on any atom is 0.270 e. The Hall–Kier alpha value is -2.10. The maximum absolute atomic E-state index is 12.3. The average molecular weight is 283 g/mol. The number of nitrogen functional groups attached to an aromatic ring is 1. The van der Waals surface area contributed by atoms with Gasteiger partial charge in [-0.25, -0.2) is 4.98 Å². The Labute approximate surface area is 124 Å². The lowest BCUT2D eigenvalue weighted by Gasteiger charge is -2.15. The number of hydrogen-bond acceptors (Lipinski definition) is 3. The molecule has 1 aromatic carbocycles. The Morgan fingerprint density at radius 2 is 2.14 bits per heavy atom. The number of amides is 1. The number of nitrogens with two attached hydrogens (primary N) is 1. The molecule has 1 aliphatic carbocycles. The molecule has 0 aliphatic heterocycles. The first-order valence-corrected chi connectivity index (χ1v) is 7.57. The van der Waals surface area contributed by atoms with Crippen molar-refractivity contribution < 1.29 is 4.79 Å². The van der Waals surface area contributed by atoms with Crippen molar-refractivity contribution in [1.82, 2.24) is 10.3 Å². The summed E-state index contributed by atoms with van der Waals surface area (Å²) >= 11 is 0.